The topological polar surface area (TPSA) is 71.0 Å². The Labute approximate surface area is 176 Å². The Hall–Kier alpha value is -3.15. The van der Waals surface area contributed by atoms with Gasteiger partial charge in [0.05, 0.1) is 6.54 Å². The first kappa shape index (κ1) is 20.1. The first-order valence-corrected chi connectivity index (χ1v) is 10.4. The van der Waals surface area contributed by atoms with Crippen molar-refractivity contribution in [3.8, 4) is 0 Å². The SMILES string of the molecule is Cc1ccc(CNC(=O)C2=NOC3(CCCN(C(=O)c4cccc(C)c4)C3)C2)cc1. The van der Waals surface area contributed by atoms with E-state index in [-0.39, 0.29) is 11.8 Å². The summed E-state index contributed by atoms with van der Waals surface area (Å²) in [5.74, 6) is -0.215. The average Bonchev–Trinajstić information content (AvgIpc) is 3.15. The van der Waals surface area contributed by atoms with Crippen molar-refractivity contribution in [1.29, 1.82) is 0 Å². The van der Waals surface area contributed by atoms with Crippen molar-refractivity contribution in [2.24, 2.45) is 5.16 Å². The highest BCUT2D eigenvalue weighted by atomic mass is 16.7. The summed E-state index contributed by atoms with van der Waals surface area (Å²) in [4.78, 5) is 33.1. The fraction of sp³-hybridized carbons (Fsp3) is 0.375. The first-order valence-electron chi connectivity index (χ1n) is 10.4. The second-order valence-corrected chi connectivity index (χ2v) is 8.36. The van der Waals surface area contributed by atoms with E-state index in [2.05, 4.69) is 10.5 Å². The van der Waals surface area contributed by atoms with Gasteiger partial charge < -0.3 is 15.1 Å². The highest BCUT2D eigenvalue weighted by molar-refractivity contribution is 6.39. The molecule has 1 saturated heterocycles. The highest BCUT2D eigenvalue weighted by Crippen LogP contribution is 2.34. The minimum absolute atomic E-state index is 0.00125. The third-order valence-corrected chi connectivity index (χ3v) is 5.77. The van der Waals surface area contributed by atoms with Crippen LogP contribution in [0, 0.1) is 13.8 Å². The lowest BCUT2D eigenvalue weighted by atomic mass is 9.87. The largest absolute Gasteiger partial charge is 0.386 e. The summed E-state index contributed by atoms with van der Waals surface area (Å²) in [5.41, 5.74) is 3.75. The zero-order valence-electron chi connectivity index (χ0n) is 17.5. The molecular weight excluding hydrogens is 378 g/mol. The number of benzene rings is 2. The smallest absolute Gasteiger partial charge is 0.269 e. The fourth-order valence-electron chi connectivity index (χ4n) is 4.08. The van der Waals surface area contributed by atoms with Gasteiger partial charge in [0, 0.05) is 25.1 Å². The molecule has 2 aliphatic heterocycles. The summed E-state index contributed by atoms with van der Waals surface area (Å²) in [6.07, 6.45) is 2.03. The third-order valence-electron chi connectivity index (χ3n) is 5.77. The van der Waals surface area contributed by atoms with E-state index in [1.807, 2.05) is 67.3 Å². The number of rotatable bonds is 4. The molecule has 156 valence electrons. The number of amides is 2. The Bertz CT molecular complexity index is 983. The molecule has 0 aromatic heterocycles. The monoisotopic (exact) mass is 405 g/mol. The number of piperidine rings is 1. The van der Waals surface area contributed by atoms with E-state index in [0.29, 0.717) is 37.3 Å². The molecule has 0 bridgehead atoms. The molecule has 2 aromatic rings. The molecule has 1 fully saturated rings. The molecule has 1 N–H and O–H groups in total. The highest BCUT2D eigenvalue weighted by Gasteiger charge is 2.45. The van der Waals surface area contributed by atoms with Crippen molar-refractivity contribution in [3.05, 3.63) is 70.8 Å². The second-order valence-electron chi connectivity index (χ2n) is 8.36. The number of carbonyl (C=O) groups excluding carboxylic acids is 2. The summed E-state index contributed by atoms with van der Waals surface area (Å²) in [5, 5.41) is 7.00. The molecule has 4 rings (SSSR count). The molecule has 1 atom stereocenters. The van der Waals surface area contributed by atoms with E-state index in [0.717, 1.165) is 24.0 Å². The summed E-state index contributed by atoms with van der Waals surface area (Å²) in [6.45, 7) is 5.58. The van der Waals surface area contributed by atoms with Crippen LogP contribution in [0.5, 0.6) is 0 Å². The van der Waals surface area contributed by atoms with Crippen molar-refractivity contribution < 1.29 is 14.4 Å². The molecule has 1 spiro atoms. The minimum atomic E-state index is -0.603. The number of hydrogen-bond acceptors (Lipinski definition) is 4. The van der Waals surface area contributed by atoms with Crippen molar-refractivity contribution >= 4 is 17.5 Å². The molecule has 2 amide bonds. The predicted octanol–water partition coefficient (Wildman–Crippen LogP) is 3.37. The maximum Gasteiger partial charge on any atom is 0.269 e. The van der Waals surface area contributed by atoms with Crippen LogP contribution in [0.3, 0.4) is 0 Å². The first-order chi connectivity index (χ1) is 14.4. The van der Waals surface area contributed by atoms with E-state index in [1.54, 1.807) is 0 Å². The number of nitrogens with zero attached hydrogens (tertiary/aromatic N) is 2. The molecule has 2 heterocycles. The van der Waals surface area contributed by atoms with Gasteiger partial charge in [-0.25, -0.2) is 0 Å². The van der Waals surface area contributed by atoms with Crippen LogP contribution in [0.15, 0.2) is 53.7 Å². The van der Waals surface area contributed by atoms with Crippen LogP contribution in [0.2, 0.25) is 0 Å². The van der Waals surface area contributed by atoms with Crippen molar-refractivity contribution in [2.75, 3.05) is 13.1 Å². The normalized spacial score (nSPS) is 20.6. The third kappa shape index (κ3) is 4.37. The van der Waals surface area contributed by atoms with Gasteiger partial charge >= 0.3 is 0 Å². The number of oxime groups is 1. The lowest BCUT2D eigenvalue weighted by Gasteiger charge is -2.38. The van der Waals surface area contributed by atoms with Crippen molar-refractivity contribution in [1.82, 2.24) is 10.2 Å². The van der Waals surface area contributed by atoms with E-state index in [9.17, 15) is 9.59 Å². The maximum absolute atomic E-state index is 12.9. The van der Waals surface area contributed by atoms with E-state index in [1.165, 1.54) is 5.56 Å². The van der Waals surface area contributed by atoms with Crippen LogP contribution < -0.4 is 5.32 Å². The molecule has 6 heteroatoms. The van der Waals surface area contributed by atoms with Gasteiger partial charge in [-0.1, -0.05) is 52.7 Å². The van der Waals surface area contributed by atoms with Crippen molar-refractivity contribution in [3.63, 3.8) is 0 Å². The van der Waals surface area contributed by atoms with Crippen LogP contribution in [0.25, 0.3) is 0 Å². The zero-order valence-corrected chi connectivity index (χ0v) is 17.5. The Morgan fingerprint density at radius 2 is 1.93 bits per heavy atom. The quantitative estimate of drug-likeness (QED) is 0.848. The molecule has 30 heavy (non-hydrogen) atoms. The number of aryl methyl sites for hydroxylation is 2. The van der Waals surface area contributed by atoms with E-state index in [4.69, 9.17) is 4.84 Å². The van der Waals surface area contributed by atoms with Gasteiger partial charge in [-0.15, -0.1) is 0 Å². The summed E-state index contributed by atoms with van der Waals surface area (Å²) < 4.78 is 0. The Morgan fingerprint density at radius 3 is 2.70 bits per heavy atom. The van der Waals surface area contributed by atoms with Crippen LogP contribution >= 0.6 is 0 Å². The van der Waals surface area contributed by atoms with Gasteiger partial charge in [0.15, 0.2) is 5.60 Å². The molecule has 6 nitrogen and oxygen atoms in total. The molecule has 1 unspecified atom stereocenters. The molecule has 2 aromatic carbocycles. The van der Waals surface area contributed by atoms with Gasteiger partial charge in [-0.3, -0.25) is 9.59 Å². The molecular formula is C24H27N3O3. The van der Waals surface area contributed by atoms with E-state index >= 15 is 0 Å². The molecule has 0 saturated carbocycles. The fourth-order valence-corrected chi connectivity index (χ4v) is 4.08. The molecule has 0 radical (unpaired) electrons. The summed E-state index contributed by atoms with van der Waals surface area (Å²) >= 11 is 0. The van der Waals surface area contributed by atoms with E-state index < -0.39 is 5.60 Å². The molecule has 0 aliphatic carbocycles. The van der Waals surface area contributed by atoms with Crippen molar-refractivity contribution in [2.45, 2.75) is 45.3 Å². The standard InChI is InChI=1S/C24H27N3O3/c1-17-7-9-19(10-8-17)15-25-22(28)21-14-24(30-26-21)11-4-12-27(16-24)23(29)20-6-3-5-18(2)13-20/h3,5-10,13H,4,11-12,14-16H2,1-2H3,(H,25,28). The lowest BCUT2D eigenvalue weighted by molar-refractivity contribution is -0.115. The van der Waals surface area contributed by atoms with Gasteiger partial charge in [-0.05, 0) is 44.4 Å². The zero-order chi connectivity index (χ0) is 21.1. The number of nitrogens with one attached hydrogen (secondary N) is 1. The van der Waals surface area contributed by atoms with Gasteiger partial charge in [0.2, 0.25) is 0 Å². The number of carbonyl (C=O) groups is 2. The van der Waals surface area contributed by atoms with Crippen LogP contribution in [0.1, 0.15) is 46.3 Å². The lowest BCUT2D eigenvalue weighted by Crippen LogP contribution is -2.51. The Kier molecular flexibility index (Phi) is 5.57. The van der Waals surface area contributed by atoms with Crippen LogP contribution in [0.4, 0.5) is 0 Å². The molecule has 2 aliphatic rings. The van der Waals surface area contributed by atoms with Crippen LogP contribution in [-0.2, 0) is 16.2 Å². The number of likely N-dealkylation sites (tertiary alicyclic amines) is 1. The Balaban J connectivity index is 1.36. The Morgan fingerprint density at radius 1 is 1.13 bits per heavy atom. The summed E-state index contributed by atoms with van der Waals surface area (Å²) in [6, 6.07) is 15.7. The second kappa shape index (κ2) is 8.30. The predicted molar refractivity (Wildman–Crippen MR) is 115 cm³/mol. The van der Waals surface area contributed by atoms with Crippen LogP contribution in [-0.4, -0.2) is 41.1 Å². The number of hydrogen-bond donors (Lipinski definition) is 1. The van der Waals surface area contributed by atoms with Gasteiger partial charge in [0.1, 0.15) is 5.71 Å². The van der Waals surface area contributed by atoms with Gasteiger partial charge in [-0.2, -0.15) is 0 Å². The summed E-state index contributed by atoms with van der Waals surface area (Å²) in [7, 11) is 0. The maximum atomic E-state index is 12.9. The van der Waals surface area contributed by atoms with Gasteiger partial charge in [0.25, 0.3) is 11.8 Å². The minimum Gasteiger partial charge on any atom is -0.386 e. The average molecular weight is 405 g/mol.